The zero-order valence-electron chi connectivity index (χ0n) is 13.3. The van der Waals surface area contributed by atoms with Crippen molar-refractivity contribution < 1.29 is 0 Å². The molecule has 0 aliphatic carbocycles. The van der Waals surface area contributed by atoms with Crippen molar-refractivity contribution in [3.63, 3.8) is 0 Å². The van der Waals surface area contributed by atoms with E-state index in [0.717, 1.165) is 39.0 Å². The maximum Gasteiger partial charge on any atom is 0.114 e. The Morgan fingerprint density at radius 2 is 2.14 bits per heavy atom. The number of hydrogen-bond donors (Lipinski definition) is 1. The van der Waals surface area contributed by atoms with Crippen molar-refractivity contribution in [1.29, 1.82) is 0 Å². The number of nitrogens with zero attached hydrogens (tertiary/aromatic N) is 4. The Kier molecular flexibility index (Phi) is 3.85. The number of fused-ring (bicyclic) bond motifs is 1. The third-order valence-corrected chi connectivity index (χ3v) is 3.99. The van der Waals surface area contributed by atoms with Crippen LogP contribution in [-0.2, 0) is 31.5 Å². The Hall–Kier alpha value is -1.62. The van der Waals surface area contributed by atoms with Crippen LogP contribution in [-0.4, -0.2) is 25.9 Å². The van der Waals surface area contributed by atoms with E-state index in [1.807, 2.05) is 23.1 Å². The van der Waals surface area contributed by atoms with Crippen molar-refractivity contribution in [3.8, 4) is 0 Å². The van der Waals surface area contributed by atoms with Gasteiger partial charge in [-0.1, -0.05) is 20.8 Å². The number of rotatable bonds is 4. The van der Waals surface area contributed by atoms with Crippen LogP contribution < -0.4 is 5.32 Å². The Morgan fingerprint density at radius 1 is 1.29 bits per heavy atom. The molecule has 0 aromatic carbocycles. The van der Waals surface area contributed by atoms with Gasteiger partial charge in [-0.25, -0.2) is 4.98 Å². The number of imidazole rings is 1. The summed E-state index contributed by atoms with van der Waals surface area (Å²) in [6.07, 6.45) is 6.03. The van der Waals surface area contributed by atoms with E-state index >= 15 is 0 Å². The minimum Gasteiger partial charge on any atom is -0.331 e. The molecule has 0 saturated carbocycles. The molecule has 21 heavy (non-hydrogen) atoms. The second kappa shape index (κ2) is 5.64. The van der Waals surface area contributed by atoms with E-state index in [9.17, 15) is 0 Å². The first kappa shape index (κ1) is 14.3. The van der Waals surface area contributed by atoms with Crippen molar-refractivity contribution in [2.45, 2.75) is 58.7 Å². The lowest BCUT2D eigenvalue weighted by atomic mass is 9.95. The standard InChI is InChI=1S/C16H25N5/c1-16(2,3)15-19-13-12-17-8-6-14(13)21(15)11-5-10-20-9-4-7-18-20/h4,7,9,17H,5-6,8,10-12H2,1-3H3. The fraction of sp³-hybridized carbons (Fsp3) is 0.625. The van der Waals surface area contributed by atoms with Crippen LogP contribution in [0.2, 0.25) is 0 Å². The molecule has 2 aromatic rings. The van der Waals surface area contributed by atoms with Gasteiger partial charge in [0.05, 0.1) is 5.69 Å². The summed E-state index contributed by atoms with van der Waals surface area (Å²) in [4.78, 5) is 4.92. The first-order valence-electron chi connectivity index (χ1n) is 7.82. The molecule has 0 fully saturated rings. The molecule has 1 aliphatic rings. The van der Waals surface area contributed by atoms with Gasteiger partial charge in [0, 0.05) is 56.1 Å². The van der Waals surface area contributed by atoms with Gasteiger partial charge in [-0.3, -0.25) is 4.68 Å². The normalized spacial score (nSPS) is 15.2. The van der Waals surface area contributed by atoms with Gasteiger partial charge in [-0.2, -0.15) is 5.10 Å². The molecular weight excluding hydrogens is 262 g/mol. The van der Waals surface area contributed by atoms with Gasteiger partial charge in [0.25, 0.3) is 0 Å². The smallest absolute Gasteiger partial charge is 0.114 e. The Morgan fingerprint density at radius 3 is 2.86 bits per heavy atom. The molecule has 0 spiro atoms. The third-order valence-electron chi connectivity index (χ3n) is 3.99. The largest absolute Gasteiger partial charge is 0.331 e. The average molecular weight is 287 g/mol. The quantitative estimate of drug-likeness (QED) is 0.937. The Bertz CT molecular complexity index is 589. The molecule has 0 atom stereocenters. The molecule has 1 N–H and O–H groups in total. The van der Waals surface area contributed by atoms with Crippen molar-refractivity contribution in [2.75, 3.05) is 6.54 Å². The van der Waals surface area contributed by atoms with Crippen LogP contribution in [0.1, 0.15) is 44.4 Å². The van der Waals surface area contributed by atoms with Crippen LogP contribution in [0.5, 0.6) is 0 Å². The van der Waals surface area contributed by atoms with Crippen LogP contribution in [0.3, 0.4) is 0 Å². The average Bonchev–Trinajstić information content (AvgIpc) is 3.06. The molecule has 114 valence electrons. The SMILES string of the molecule is CC(C)(C)c1nc2c(n1CCCn1cccn1)CCNC2. The summed E-state index contributed by atoms with van der Waals surface area (Å²) in [6.45, 7) is 10.7. The molecule has 5 nitrogen and oxygen atoms in total. The summed E-state index contributed by atoms with van der Waals surface area (Å²) in [5.74, 6) is 1.22. The van der Waals surface area contributed by atoms with Crippen LogP contribution in [0, 0.1) is 0 Å². The van der Waals surface area contributed by atoms with E-state index in [2.05, 4.69) is 35.8 Å². The Balaban J connectivity index is 1.80. The first-order valence-corrected chi connectivity index (χ1v) is 7.82. The molecule has 5 heteroatoms. The summed E-state index contributed by atoms with van der Waals surface area (Å²) in [6, 6.07) is 1.98. The lowest BCUT2D eigenvalue weighted by molar-refractivity contribution is 0.457. The molecule has 0 saturated heterocycles. The molecule has 1 aliphatic heterocycles. The van der Waals surface area contributed by atoms with Gasteiger partial charge in [0.2, 0.25) is 0 Å². The van der Waals surface area contributed by atoms with Crippen molar-refractivity contribution >= 4 is 0 Å². The molecule has 0 radical (unpaired) electrons. The lowest BCUT2D eigenvalue weighted by Crippen LogP contribution is -2.26. The van der Waals surface area contributed by atoms with Gasteiger partial charge >= 0.3 is 0 Å². The summed E-state index contributed by atoms with van der Waals surface area (Å²) >= 11 is 0. The minimum atomic E-state index is 0.0863. The van der Waals surface area contributed by atoms with Crippen LogP contribution in [0.15, 0.2) is 18.5 Å². The van der Waals surface area contributed by atoms with E-state index in [-0.39, 0.29) is 5.41 Å². The molecule has 3 rings (SSSR count). The molecule has 2 aromatic heterocycles. The number of aryl methyl sites for hydroxylation is 1. The number of hydrogen-bond acceptors (Lipinski definition) is 3. The molecular formula is C16H25N5. The van der Waals surface area contributed by atoms with Crippen molar-refractivity contribution in [3.05, 3.63) is 35.7 Å². The zero-order chi connectivity index (χ0) is 14.9. The molecule has 0 unspecified atom stereocenters. The maximum atomic E-state index is 4.92. The predicted octanol–water partition coefficient (Wildman–Crippen LogP) is 2.11. The van der Waals surface area contributed by atoms with E-state index < -0.39 is 0 Å². The second-order valence-electron chi connectivity index (χ2n) is 6.78. The summed E-state index contributed by atoms with van der Waals surface area (Å²) in [7, 11) is 0. The maximum absolute atomic E-state index is 4.92. The summed E-state index contributed by atoms with van der Waals surface area (Å²) < 4.78 is 4.46. The first-order chi connectivity index (χ1) is 10.1. The van der Waals surface area contributed by atoms with Gasteiger partial charge < -0.3 is 9.88 Å². The van der Waals surface area contributed by atoms with E-state index in [1.165, 1.54) is 17.2 Å². The number of aromatic nitrogens is 4. The van der Waals surface area contributed by atoms with Crippen molar-refractivity contribution in [1.82, 2.24) is 24.6 Å². The topological polar surface area (TPSA) is 47.7 Å². The highest BCUT2D eigenvalue weighted by molar-refractivity contribution is 5.23. The summed E-state index contributed by atoms with van der Waals surface area (Å²) in [5.41, 5.74) is 2.76. The molecule has 0 amide bonds. The van der Waals surface area contributed by atoms with Crippen LogP contribution >= 0.6 is 0 Å². The second-order valence-corrected chi connectivity index (χ2v) is 6.78. The highest BCUT2D eigenvalue weighted by Gasteiger charge is 2.26. The van der Waals surface area contributed by atoms with E-state index in [4.69, 9.17) is 4.98 Å². The van der Waals surface area contributed by atoms with Crippen LogP contribution in [0.25, 0.3) is 0 Å². The predicted molar refractivity (Wildman–Crippen MR) is 83.2 cm³/mol. The van der Waals surface area contributed by atoms with Crippen LogP contribution in [0.4, 0.5) is 0 Å². The molecule has 0 bridgehead atoms. The van der Waals surface area contributed by atoms with Gasteiger partial charge in [-0.05, 0) is 12.5 Å². The molecule has 3 heterocycles. The Labute approximate surface area is 126 Å². The lowest BCUT2D eigenvalue weighted by Gasteiger charge is -2.22. The van der Waals surface area contributed by atoms with E-state index in [1.54, 1.807) is 0 Å². The number of nitrogens with one attached hydrogen (secondary N) is 1. The highest BCUT2D eigenvalue weighted by atomic mass is 15.3. The zero-order valence-corrected chi connectivity index (χ0v) is 13.3. The fourth-order valence-electron chi connectivity index (χ4n) is 3.01. The third kappa shape index (κ3) is 3.02. The summed E-state index contributed by atoms with van der Waals surface area (Å²) in [5, 5.41) is 7.70. The minimum absolute atomic E-state index is 0.0863. The van der Waals surface area contributed by atoms with Gasteiger partial charge in [0.1, 0.15) is 5.82 Å². The monoisotopic (exact) mass is 287 g/mol. The van der Waals surface area contributed by atoms with E-state index in [0.29, 0.717) is 0 Å². The van der Waals surface area contributed by atoms with Gasteiger partial charge in [-0.15, -0.1) is 0 Å². The fourth-order valence-corrected chi connectivity index (χ4v) is 3.01. The van der Waals surface area contributed by atoms with Gasteiger partial charge in [0.15, 0.2) is 0 Å². The highest BCUT2D eigenvalue weighted by Crippen LogP contribution is 2.26. The van der Waals surface area contributed by atoms with Crippen molar-refractivity contribution in [2.24, 2.45) is 0 Å².